The highest BCUT2D eigenvalue weighted by atomic mass is 32.2. The average Bonchev–Trinajstić information content (AvgIpc) is 3.13. The Morgan fingerprint density at radius 1 is 1.40 bits per heavy atom. The smallest absolute Gasteiger partial charge is 0.315 e. The summed E-state index contributed by atoms with van der Waals surface area (Å²) < 4.78 is 5.14. The van der Waals surface area contributed by atoms with Crippen molar-refractivity contribution in [1.82, 2.24) is 10.6 Å². The molecule has 0 saturated carbocycles. The molecule has 0 aliphatic carbocycles. The van der Waals surface area contributed by atoms with Gasteiger partial charge in [0.05, 0.1) is 30.6 Å². The number of carbonyl (C=O) groups is 2. The van der Waals surface area contributed by atoms with Gasteiger partial charge >= 0.3 is 6.03 Å². The molecule has 2 fully saturated rings. The quantitative estimate of drug-likeness (QED) is 0.336. The molecule has 2 aliphatic heterocycles. The fourth-order valence-electron chi connectivity index (χ4n) is 3.26. The van der Waals surface area contributed by atoms with E-state index in [0.717, 1.165) is 25.0 Å². The van der Waals surface area contributed by atoms with Crippen molar-refractivity contribution in [3.63, 3.8) is 0 Å². The first-order valence-corrected chi connectivity index (χ1v) is 9.53. The van der Waals surface area contributed by atoms with Gasteiger partial charge in [0.15, 0.2) is 0 Å². The van der Waals surface area contributed by atoms with Crippen LogP contribution < -0.4 is 26.4 Å². The Morgan fingerprint density at radius 3 is 3.04 bits per heavy atom. The number of nitrogen functional groups attached to an aromatic ring is 1. The molecule has 0 aromatic heterocycles. The number of methoxy groups -OCH3 is 1. The number of urea groups is 1. The third-order valence-corrected chi connectivity index (χ3v) is 6.12. The van der Waals surface area contributed by atoms with Gasteiger partial charge in [-0.15, -0.1) is 0 Å². The SMILES string of the molecule is COc1ccc(N)c(NC(=O)CCCC[C@@H]2SC[C@@H]3NC(=O)N[C@@H]32)c1. The van der Waals surface area contributed by atoms with Crippen molar-refractivity contribution in [3.05, 3.63) is 18.2 Å². The molecule has 0 radical (unpaired) electrons. The zero-order valence-electron chi connectivity index (χ0n) is 14.2. The van der Waals surface area contributed by atoms with E-state index in [1.54, 1.807) is 25.3 Å². The first-order chi connectivity index (χ1) is 12.1. The molecule has 3 rings (SSSR count). The summed E-state index contributed by atoms with van der Waals surface area (Å²) in [6.45, 7) is 0. The fourth-order valence-corrected chi connectivity index (χ4v) is 4.80. The Bertz CT molecular complexity index is 655. The van der Waals surface area contributed by atoms with Gasteiger partial charge in [0.25, 0.3) is 0 Å². The molecule has 0 spiro atoms. The Hall–Kier alpha value is -2.09. The molecule has 1 aromatic rings. The highest BCUT2D eigenvalue weighted by molar-refractivity contribution is 8.00. The van der Waals surface area contributed by atoms with Crippen molar-refractivity contribution < 1.29 is 14.3 Å². The Labute approximate surface area is 151 Å². The second kappa shape index (κ2) is 7.86. The molecule has 2 saturated heterocycles. The van der Waals surface area contributed by atoms with Crippen LogP contribution in [0, 0.1) is 0 Å². The van der Waals surface area contributed by atoms with E-state index in [1.807, 2.05) is 11.8 Å². The highest BCUT2D eigenvalue weighted by Gasteiger charge is 2.42. The summed E-state index contributed by atoms with van der Waals surface area (Å²) >= 11 is 1.90. The van der Waals surface area contributed by atoms with Crippen LogP contribution in [0.5, 0.6) is 5.75 Å². The molecule has 3 atom stereocenters. The van der Waals surface area contributed by atoms with E-state index in [4.69, 9.17) is 10.5 Å². The largest absolute Gasteiger partial charge is 0.497 e. The van der Waals surface area contributed by atoms with Gasteiger partial charge in [0, 0.05) is 23.5 Å². The van der Waals surface area contributed by atoms with Crippen LogP contribution in [0.2, 0.25) is 0 Å². The van der Waals surface area contributed by atoms with Crippen molar-refractivity contribution >= 4 is 35.1 Å². The Balaban J connectivity index is 1.39. The number of hydrogen-bond acceptors (Lipinski definition) is 5. The molecule has 25 heavy (non-hydrogen) atoms. The minimum absolute atomic E-state index is 0.0484. The summed E-state index contributed by atoms with van der Waals surface area (Å²) in [7, 11) is 1.57. The first kappa shape index (κ1) is 17.7. The van der Waals surface area contributed by atoms with Gasteiger partial charge in [-0.2, -0.15) is 11.8 Å². The second-order valence-corrected chi connectivity index (χ2v) is 7.64. The van der Waals surface area contributed by atoms with E-state index in [9.17, 15) is 9.59 Å². The predicted octanol–water partition coefficient (Wildman–Crippen LogP) is 1.94. The number of nitrogens with one attached hydrogen (secondary N) is 3. The maximum absolute atomic E-state index is 12.1. The number of nitrogens with two attached hydrogens (primary N) is 1. The summed E-state index contributed by atoms with van der Waals surface area (Å²) in [6.07, 6.45) is 3.22. The zero-order chi connectivity index (χ0) is 17.8. The van der Waals surface area contributed by atoms with Gasteiger partial charge in [-0.3, -0.25) is 4.79 Å². The van der Waals surface area contributed by atoms with E-state index in [0.29, 0.717) is 28.8 Å². The summed E-state index contributed by atoms with van der Waals surface area (Å²) in [5.41, 5.74) is 6.98. The molecule has 0 bridgehead atoms. The minimum Gasteiger partial charge on any atom is -0.497 e. The van der Waals surface area contributed by atoms with Gasteiger partial charge in [-0.1, -0.05) is 6.42 Å². The maximum Gasteiger partial charge on any atom is 0.315 e. The molecule has 3 amide bonds. The molecule has 8 heteroatoms. The number of rotatable bonds is 7. The van der Waals surface area contributed by atoms with E-state index < -0.39 is 0 Å². The number of fused-ring (bicyclic) bond motifs is 1. The predicted molar refractivity (Wildman–Crippen MR) is 100.0 cm³/mol. The van der Waals surface area contributed by atoms with Crippen molar-refractivity contribution in [2.45, 2.75) is 43.0 Å². The van der Waals surface area contributed by atoms with Gasteiger partial charge in [-0.05, 0) is 25.0 Å². The average molecular weight is 364 g/mol. The van der Waals surface area contributed by atoms with Crippen LogP contribution in [-0.4, -0.2) is 42.1 Å². The second-order valence-electron chi connectivity index (χ2n) is 6.37. The number of benzene rings is 1. The highest BCUT2D eigenvalue weighted by Crippen LogP contribution is 2.33. The normalized spacial score (nSPS) is 24.4. The van der Waals surface area contributed by atoms with Crippen LogP contribution in [0.15, 0.2) is 18.2 Å². The summed E-state index contributed by atoms with van der Waals surface area (Å²) in [6, 6.07) is 5.61. The molecule has 2 aliphatic rings. The van der Waals surface area contributed by atoms with E-state index in [-0.39, 0.29) is 24.0 Å². The molecule has 1 aromatic carbocycles. The summed E-state index contributed by atoms with van der Waals surface area (Å²) in [5, 5.41) is 9.20. The van der Waals surface area contributed by atoms with Crippen LogP contribution in [0.4, 0.5) is 16.2 Å². The van der Waals surface area contributed by atoms with Crippen LogP contribution in [0.1, 0.15) is 25.7 Å². The van der Waals surface area contributed by atoms with Crippen molar-refractivity contribution in [1.29, 1.82) is 0 Å². The third kappa shape index (κ3) is 4.31. The van der Waals surface area contributed by atoms with Gasteiger partial charge in [-0.25, -0.2) is 4.79 Å². The Kier molecular flexibility index (Phi) is 5.57. The zero-order valence-corrected chi connectivity index (χ0v) is 15.0. The number of hydrogen-bond donors (Lipinski definition) is 4. The molecule has 0 unspecified atom stereocenters. The minimum atomic E-state index is -0.0597. The van der Waals surface area contributed by atoms with Crippen molar-refractivity contribution in [2.24, 2.45) is 0 Å². The summed E-state index contributed by atoms with van der Waals surface area (Å²) in [4.78, 5) is 23.5. The number of thioether (sulfide) groups is 1. The molecular formula is C17H24N4O3S. The molecular weight excluding hydrogens is 340 g/mol. The fraction of sp³-hybridized carbons (Fsp3) is 0.529. The van der Waals surface area contributed by atoms with Gasteiger partial charge < -0.3 is 26.4 Å². The molecule has 2 heterocycles. The monoisotopic (exact) mass is 364 g/mol. The van der Waals surface area contributed by atoms with Crippen LogP contribution in [-0.2, 0) is 4.79 Å². The lowest BCUT2D eigenvalue weighted by Crippen LogP contribution is -2.36. The van der Waals surface area contributed by atoms with Crippen LogP contribution in [0.25, 0.3) is 0 Å². The lowest BCUT2D eigenvalue weighted by molar-refractivity contribution is -0.116. The number of unbranched alkanes of at least 4 members (excludes halogenated alkanes) is 1. The molecule has 7 nitrogen and oxygen atoms in total. The van der Waals surface area contributed by atoms with Gasteiger partial charge in [0.1, 0.15) is 5.75 Å². The topological polar surface area (TPSA) is 105 Å². The summed E-state index contributed by atoms with van der Waals surface area (Å²) in [5.74, 6) is 1.57. The van der Waals surface area contributed by atoms with E-state index in [1.165, 1.54) is 0 Å². The Morgan fingerprint density at radius 2 is 2.24 bits per heavy atom. The van der Waals surface area contributed by atoms with Crippen molar-refractivity contribution in [3.8, 4) is 5.75 Å². The standard InChI is InChI=1S/C17H24N4O3S/c1-24-10-6-7-11(18)12(8-10)19-15(22)5-3-2-4-14-16-13(9-25-14)20-17(23)21-16/h6-8,13-14,16H,2-5,9,18H2,1H3,(H,19,22)(H2,20,21,23)/t13-,14-,16-/m0/s1. The molecule has 5 N–H and O–H groups in total. The van der Waals surface area contributed by atoms with Crippen LogP contribution >= 0.6 is 11.8 Å². The maximum atomic E-state index is 12.1. The first-order valence-electron chi connectivity index (χ1n) is 8.49. The van der Waals surface area contributed by atoms with Crippen LogP contribution in [0.3, 0.4) is 0 Å². The number of ether oxygens (including phenoxy) is 1. The number of carbonyl (C=O) groups excluding carboxylic acids is 2. The third-order valence-electron chi connectivity index (χ3n) is 4.62. The lowest BCUT2D eigenvalue weighted by atomic mass is 10.0. The number of anilines is 2. The van der Waals surface area contributed by atoms with Crippen molar-refractivity contribution in [2.75, 3.05) is 23.9 Å². The van der Waals surface area contributed by atoms with E-state index in [2.05, 4.69) is 16.0 Å². The van der Waals surface area contributed by atoms with E-state index >= 15 is 0 Å². The lowest BCUT2D eigenvalue weighted by Gasteiger charge is -2.16. The number of amides is 3. The van der Waals surface area contributed by atoms with Gasteiger partial charge in [0.2, 0.25) is 5.91 Å². The molecule has 136 valence electrons.